The topological polar surface area (TPSA) is 49.4 Å². The Hall–Kier alpha value is -2.88. The van der Waals surface area contributed by atoms with Crippen molar-refractivity contribution in [3.8, 4) is 0 Å². The fraction of sp³-hybridized carbons (Fsp3) is 0.273. The van der Waals surface area contributed by atoms with Gasteiger partial charge in [0.2, 0.25) is 11.8 Å². The Balaban J connectivity index is 1.99. The van der Waals surface area contributed by atoms with E-state index in [0.29, 0.717) is 26.1 Å². The minimum absolute atomic E-state index is 0.00878. The van der Waals surface area contributed by atoms with Crippen molar-refractivity contribution in [2.45, 2.75) is 19.3 Å². The molecule has 1 N–H and O–H groups in total. The largest absolute Gasteiger partial charge is 0.354 e. The van der Waals surface area contributed by atoms with Gasteiger partial charge in [-0.1, -0.05) is 66.7 Å². The Morgan fingerprint density at radius 1 is 1.04 bits per heavy atom. The van der Waals surface area contributed by atoms with E-state index in [0.717, 1.165) is 11.1 Å². The third-order valence-corrected chi connectivity index (χ3v) is 4.29. The molecule has 0 bridgehead atoms. The number of hydrogen-bond acceptors (Lipinski definition) is 2. The molecule has 0 saturated carbocycles. The van der Waals surface area contributed by atoms with Crippen LogP contribution in [0.15, 0.2) is 73.3 Å². The molecule has 0 aliphatic rings. The number of carbonyl (C=O) groups is 2. The molecule has 0 heterocycles. The molecule has 2 rings (SSSR count). The van der Waals surface area contributed by atoms with E-state index in [4.69, 9.17) is 0 Å². The lowest BCUT2D eigenvalue weighted by Gasteiger charge is -2.21. The van der Waals surface area contributed by atoms with E-state index in [1.54, 1.807) is 11.0 Å². The van der Waals surface area contributed by atoms with Gasteiger partial charge in [-0.05, 0) is 11.1 Å². The minimum atomic E-state index is -0.0233. The third kappa shape index (κ3) is 5.88. The fourth-order valence-corrected chi connectivity index (χ4v) is 2.92. The fourth-order valence-electron chi connectivity index (χ4n) is 2.92. The smallest absolute Gasteiger partial charge is 0.221 e. The van der Waals surface area contributed by atoms with Crippen LogP contribution in [-0.4, -0.2) is 36.3 Å². The lowest BCUT2D eigenvalue weighted by molar-refractivity contribution is -0.129. The molecule has 4 nitrogen and oxygen atoms in total. The molecule has 136 valence electrons. The zero-order chi connectivity index (χ0) is 18.8. The molecule has 2 aromatic rings. The summed E-state index contributed by atoms with van der Waals surface area (Å²) in [7, 11) is 0. The lowest BCUT2D eigenvalue weighted by Crippen LogP contribution is -2.37. The summed E-state index contributed by atoms with van der Waals surface area (Å²) < 4.78 is 0. The Kier molecular flexibility index (Phi) is 7.62. The monoisotopic (exact) mass is 350 g/mol. The van der Waals surface area contributed by atoms with Crippen molar-refractivity contribution in [1.29, 1.82) is 0 Å². The molecule has 2 aromatic carbocycles. The number of amides is 2. The van der Waals surface area contributed by atoms with Crippen LogP contribution in [0.5, 0.6) is 0 Å². The van der Waals surface area contributed by atoms with Crippen LogP contribution in [-0.2, 0) is 9.59 Å². The molecule has 0 atom stereocenters. The first-order valence-corrected chi connectivity index (χ1v) is 8.84. The molecule has 0 unspecified atom stereocenters. The standard InChI is InChI=1S/C22H26N2O2/c1-3-15-24(18(2)25)16-14-23-22(26)17-21(19-10-6-4-7-11-19)20-12-8-5-9-13-20/h3-13,21H,1,14-17H2,2H3,(H,23,26). The van der Waals surface area contributed by atoms with Crippen molar-refractivity contribution in [3.63, 3.8) is 0 Å². The summed E-state index contributed by atoms with van der Waals surface area (Å²) in [5, 5.41) is 2.93. The van der Waals surface area contributed by atoms with Crippen LogP contribution in [0, 0.1) is 0 Å². The van der Waals surface area contributed by atoms with Crippen molar-refractivity contribution in [3.05, 3.63) is 84.4 Å². The highest BCUT2D eigenvalue weighted by atomic mass is 16.2. The zero-order valence-electron chi connectivity index (χ0n) is 15.2. The van der Waals surface area contributed by atoms with E-state index in [1.165, 1.54) is 6.92 Å². The number of benzene rings is 2. The van der Waals surface area contributed by atoms with E-state index in [1.807, 2.05) is 60.7 Å². The van der Waals surface area contributed by atoms with Gasteiger partial charge in [0.05, 0.1) is 0 Å². The van der Waals surface area contributed by atoms with E-state index in [2.05, 4.69) is 11.9 Å². The summed E-state index contributed by atoms with van der Waals surface area (Å²) in [6.45, 7) is 6.57. The summed E-state index contributed by atoms with van der Waals surface area (Å²) >= 11 is 0. The van der Waals surface area contributed by atoms with Crippen LogP contribution in [0.1, 0.15) is 30.4 Å². The van der Waals surface area contributed by atoms with Crippen LogP contribution >= 0.6 is 0 Å². The minimum Gasteiger partial charge on any atom is -0.354 e. The lowest BCUT2D eigenvalue weighted by atomic mass is 9.88. The van der Waals surface area contributed by atoms with Gasteiger partial charge in [0.15, 0.2) is 0 Å². The van der Waals surface area contributed by atoms with Crippen molar-refractivity contribution < 1.29 is 9.59 Å². The van der Waals surface area contributed by atoms with Crippen molar-refractivity contribution in [2.75, 3.05) is 19.6 Å². The Morgan fingerprint density at radius 3 is 2.04 bits per heavy atom. The van der Waals surface area contributed by atoms with E-state index >= 15 is 0 Å². The van der Waals surface area contributed by atoms with Gasteiger partial charge in [0.1, 0.15) is 0 Å². The van der Waals surface area contributed by atoms with Gasteiger partial charge in [-0.15, -0.1) is 6.58 Å². The predicted molar refractivity (Wildman–Crippen MR) is 105 cm³/mol. The highest BCUT2D eigenvalue weighted by Gasteiger charge is 2.18. The second-order valence-electron chi connectivity index (χ2n) is 6.18. The molecular formula is C22H26N2O2. The summed E-state index contributed by atoms with van der Waals surface area (Å²) in [6.07, 6.45) is 2.06. The maximum Gasteiger partial charge on any atom is 0.221 e. The van der Waals surface area contributed by atoms with Gasteiger partial charge in [-0.2, -0.15) is 0 Å². The van der Waals surface area contributed by atoms with E-state index in [-0.39, 0.29) is 17.7 Å². The van der Waals surface area contributed by atoms with Gasteiger partial charge in [0, 0.05) is 38.9 Å². The summed E-state index contributed by atoms with van der Waals surface area (Å²) in [5.41, 5.74) is 2.23. The third-order valence-electron chi connectivity index (χ3n) is 4.29. The van der Waals surface area contributed by atoms with E-state index < -0.39 is 0 Å². The highest BCUT2D eigenvalue weighted by molar-refractivity contribution is 5.78. The molecular weight excluding hydrogens is 324 g/mol. The van der Waals surface area contributed by atoms with Crippen LogP contribution in [0.3, 0.4) is 0 Å². The first-order chi connectivity index (χ1) is 12.6. The van der Waals surface area contributed by atoms with Crippen LogP contribution < -0.4 is 5.32 Å². The van der Waals surface area contributed by atoms with Gasteiger partial charge in [-0.3, -0.25) is 9.59 Å². The molecule has 0 aliphatic heterocycles. The molecule has 0 radical (unpaired) electrons. The maximum absolute atomic E-state index is 12.5. The zero-order valence-corrected chi connectivity index (χ0v) is 15.2. The first kappa shape index (κ1) is 19.4. The van der Waals surface area contributed by atoms with Gasteiger partial charge in [-0.25, -0.2) is 0 Å². The molecule has 26 heavy (non-hydrogen) atoms. The van der Waals surface area contributed by atoms with Crippen molar-refractivity contribution >= 4 is 11.8 Å². The summed E-state index contributed by atoms with van der Waals surface area (Å²) in [6, 6.07) is 20.1. The quantitative estimate of drug-likeness (QED) is 0.705. The SMILES string of the molecule is C=CCN(CCNC(=O)CC(c1ccccc1)c1ccccc1)C(C)=O. The Morgan fingerprint density at radius 2 is 1.58 bits per heavy atom. The van der Waals surface area contributed by atoms with Crippen LogP contribution in [0.2, 0.25) is 0 Å². The Labute approximate surface area is 155 Å². The van der Waals surface area contributed by atoms with E-state index in [9.17, 15) is 9.59 Å². The molecule has 2 amide bonds. The second kappa shape index (κ2) is 10.2. The number of nitrogens with zero attached hydrogens (tertiary/aromatic N) is 1. The highest BCUT2D eigenvalue weighted by Crippen LogP contribution is 2.27. The number of nitrogens with one attached hydrogen (secondary N) is 1. The van der Waals surface area contributed by atoms with Crippen LogP contribution in [0.25, 0.3) is 0 Å². The second-order valence-corrected chi connectivity index (χ2v) is 6.18. The number of rotatable bonds is 9. The average molecular weight is 350 g/mol. The van der Waals surface area contributed by atoms with Gasteiger partial charge >= 0.3 is 0 Å². The molecule has 0 aromatic heterocycles. The van der Waals surface area contributed by atoms with Gasteiger partial charge in [0.25, 0.3) is 0 Å². The van der Waals surface area contributed by atoms with Gasteiger partial charge < -0.3 is 10.2 Å². The molecule has 0 spiro atoms. The molecule has 0 saturated heterocycles. The average Bonchev–Trinajstić information content (AvgIpc) is 2.66. The first-order valence-electron chi connectivity index (χ1n) is 8.84. The maximum atomic E-state index is 12.5. The summed E-state index contributed by atoms with van der Waals surface area (Å²) in [4.78, 5) is 25.6. The van der Waals surface area contributed by atoms with Crippen molar-refractivity contribution in [2.24, 2.45) is 0 Å². The Bertz CT molecular complexity index is 674. The number of hydrogen-bond donors (Lipinski definition) is 1. The predicted octanol–water partition coefficient (Wildman–Crippen LogP) is 3.36. The normalized spacial score (nSPS) is 10.4. The molecule has 0 fully saturated rings. The molecule has 4 heteroatoms. The van der Waals surface area contributed by atoms with Crippen molar-refractivity contribution in [1.82, 2.24) is 10.2 Å². The summed E-state index contributed by atoms with van der Waals surface area (Å²) in [5.74, 6) is -0.0371. The van der Waals surface area contributed by atoms with Crippen LogP contribution in [0.4, 0.5) is 0 Å². The molecule has 0 aliphatic carbocycles. The number of carbonyl (C=O) groups excluding carboxylic acids is 2.